The minimum absolute atomic E-state index is 0.158. The summed E-state index contributed by atoms with van der Waals surface area (Å²) in [4.78, 5) is 16.6. The van der Waals surface area contributed by atoms with Gasteiger partial charge >= 0.3 is 0 Å². The van der Waals surface area contributed by atoms with Crippen LogP contribution >= 0.6 is 15.9 Å². The van der Waals surface area contributed by atoms with Gasteiger partial charge in [0.15, 0.2) is 0 Å². The summed E-state index contributed by atoms with van der Waals surface area (Å²) >= 11 is 3.37. The molecule has 1 unspecified atom stereocenters. The lowest BCUT2D eigenvalue weighted by molar-refractivity contribution is 0.102. The number of rotatable bonds is 5. The number of carbonyl (C=O) groups is 1. The molecule has 3 rings (SSSR count). The maximum atomic E-state index is 12.3. The molecule has 6 heteroatoms. The zero-order valence-corrected chi connectivity index (χ0v) is 14.2. The lowest BCUT2D eigenvalue weighted by Gasteiger charge is -2.12. The van der Waals surface area contributed by atoms with Crippen molar-refractivity contribution in [2.45, 2.75) is 18.9 Å². The zero-order chi connectivity index (χ0) is 16.1. The highest BCUT2D eigenvalue weighted by Gasteiger charge is 2.15. The van der Waals surface area contributed by atoms with Crippen molar-refractivity contribution in [1.29, 1.82) is 0 Å². The molecule has 0 bridgehead atoms. The topological polar surface area (TPSA) is 63.2 Å². The van der Waals surface area contributed by atoms with Crippen LogP contribution in [0.5, 0.6) is 0 Å². The smallest absolute Gasteiger partial charge is 0.255 e. The van der Waals surface area contributed by atoms with Crippen LogP contribution in [0.4, 0.5) is 11.5 Å². The maximum absolute atomic E-state index is 12.3. The number of pyridine rings is 1. The Morgan fingerprint density at radius 3 is 2.87 bits per heavy atom. The van der Waals surface area contributed by atoms with Crippen LogP contribution in [0.15, 0.2) is 47.1 Å². The summed E-state index contributed by atoms with van der Waals surface area (Å²) < 4.78 is 6.54. The predicted molar refractivity (Wildman–Crippen MR) is 93.8 cm³/mol. The largest absolute Gasteiger partial charge is 0.376 e. The summed E-state index contributed by atoms with van der Waals surface area (Å²) in [6.07, 6.45) is 4.04. The Bertz CT molecular complexity index is 670. The third kappa shape index (κ3) is 4.53. The number of benzene rings is 1. The Hall–Kier alpha value is -1.92. The molecule has 2 aromatic rings. The summed E-state index contributed by atoms with van der Waals surface area (Å²) in [5, 5.41) is 6.10. The van der Waals surface area contributed by atoms with Gasteiger partial charge in [-0.25, -0.2) is 4.98 Å². The first-order chi connectivity index (χ1) is 11.2. The summed E-state index contributed by atoms with van der Waals surface area (Å²) in [6.45, 7) is 1.54. The molecule has 0 saturated carbocycles. The molecule has 1 amide bonds. The molecule has 1 aliphatic rings. The molecule has 1 aromatic carbocycles. The minimum atomic E-state index is -0.158. The van der Waals surface area contributed by atoms with E-state index in [1.54, 1.807) is 18.3 Å². The number of hydrogen-bond donors (Lipinski definition) is 2. The van der Waals surface area contributed by atoms with Crippen molar-refractivity contribution >= 4 is 33.3 Å². The van der Waals surface area contributed by atoms with E-state index in [9.17, 15) is 4.79 Å². The van der Waals surface area contributed by atoms with E-state index >= 15 is 0 Å². The van der Waals surface area contributed by atoms with E-state index in [4.69, 9.17) is 4.74 Å². The van der Waals surface area contributed by atoms with Crippen LogP contribution in [0.25, 0.3) is 0 Å². The highest BCUT2D eigenvalue weighted by Crippen LogP contribution is 2.16. The van der Waals surface area contributed by atoms with Gasteiger partial charge < -0.3 is 15.4 Å². The van der Waals surface area contributed by atoms with E-state index in [2.05, 4.69) is 31.5 Å². The van der Waals surface area contributed by atoms with Crippen molar-refractivity contribution in [3.8, 4) is 0 Å². The molecule has 1 aliphatic heterocycles. The predicted octanol–water partition coefficient (Wildman–Crippen LogP) is 3.69. The van der Waals surface area contributed by atoms with Crippen LogP contribution in [0.2, 0.25) is 0 Å². The lowest BCUT2D eigenvalue weighted by Crippen LogP contribution is -2.19. The molecule has 0 aliphatic carbocycles. The van der Waals surface area contributed by atoms with Crippen LogP contribution in [0.3, 0.4) is 0 Å². The summed E-state index contributed by atoms with van der Waals surface area (Å²) in [7, 11) is 0. The second-order valence-corrected chi connectivity index (χ2v) is 6.32. The fourth-order valence-corrected chi connectivity index (χ4v) is 2.69. The average Bonchev–Trinajstić information content (AvgIpc) is 3.09. The molecule has 0 radical (unpaired) electrons. The third-order valence-corrected chi connectivity index (χ3v) is 4.19. The maximum Gasteiger partial charge on any atom is 0.255 e. The Balaban J connectivity index is 1.61. The molecule has 2 heterocycles. The SMILES string of the molecule is O=C(Nc1ccc(Br)cc1)c1ccnc(NCC2CCCO2)c1. The molecule has 2 N–H and O–H groups in total. The number of hydrogen-bond acceptors (Lipinski definition) is 4. The molecule has 120 valence electrons. The second-order valence-electron chi connectivity index (χ2n) is 5.41. The van der Waals surface area contributed by atoms with Gasteiger partial charge in [0.05, 0.1) is 6.10 Å². The molecule has 0 spiro atoms. The normalized spacial score (nSPS) is 17.0. The van der Waals surface area contributed by atoms with Gasteiger partial charge in [0, 0.05) is 35.1 Å². The summed E-state index contributed by atoms with van der Waals surface area (Å²) in [5.74, 6) is 0.527. The first-order valence-electron chi connectivity index (χ1n) is 7.59. The molecular weight excluding hydrogens is 358 g/mol. The summed E-state index contributed by atoms with van der Waals surface area (Å²) in [5.41, 5.74) is 1.32. The average molecular weight is 376 g/mol. The molecule has 1 atom stereocenters. The van der Waals surface area contributed by atoms with E-state index in [0.29, 0.717) is 17.9 Å². The number of anilines is 2. The number of halogens is 1. The van der Waals surface area contributed by atoms with Crippen molar-refractivity contribution in [2.24, 2.45) is 0 Å². The fourth-order valence-electron chi connectivity index (χ4n) is 2.43. The van der Waals surface area contributed by atoms with Crippen molar-refractivity contribution in [3.05, 3.63) is 52.6 Å². The van der Waals surface area contributed by atoms with Crippen LogP contribution in [0.1, 0.15) is 23.2 Å². The number of carbonyl (C=O) groups excluding carboxylic acids is 1. The van der Waals surface area contributed by atoms with Crippen LogP contribution < -0.4 is 10.6 Å². The minimum Gasteiger partial charge on any atom is -0.376 e. The summed E-state index contributed by atoms with van der Waals surface area (Å²) in [6, 6.07) is 10.9. The van der Waals surface area contributed by atoms with Gasteiger partial charge in [-0.1, -0.05) is 15.9 Å². The van der Waals surface area contributed by atoms with Crippen molar-refractivity contribution in [1.82, 2.24) is 4.98 Å². The molecule has 23 heavy (non-hydrogen) atoms. The Morgan fingerprint density at radius 2 is 2.13 bits per heavy atom. The van der Waals surface area contributed by atoms with Gasteiger partial charge in [-0.15, -0.1) is 0 Å². The van der Waals surface area contributed by atoms with E-state index in [0.717, 1.165) is 29.6 Å². The number of nitrogens with one attached hydrogen (secondary N) is 2. The van der Waals surface area contributed by atoms with Crippen molar-refractivity contribution in [3.63, 3.8) is 0 Å². The molecule has 1 aromatic heterocycles. The first-order valence-corrected chi connectivity index (χ1v) is 8.38. The highest BCUT2D eigenvalue weighted by atomic mass is 79.9. The Kier molecular flexibility index (Phi) is 5.25. The Morgan fingerprint density at radius 1 is 1.30 bits per heavy atom. The van der Waals surface area contributed by atoms with Crippen molar-refractivity contribution in [2.75, 3.05) is 23.8 Å². The van der Waals surface area contributed by atoms with E-state index in [1.165, 1.54) is 0 Å². The van der Waals surface area contributed by atoms with Gasteiger partial charge in [-0.3, -0.25) is 4.79 Å². The number of nitrogens with zero attached hydrogens (tertiary/aromatic N) is 1. The quantitative estimate of drug-likeness (QED) is 0.836. The van der Waals surface area contributed by atoms with E-state index < -0.39 is 0 Å². The van der Waals surface area contributed by atoms with Crippen LogP contribution in [-0.4, -0.2) is 30.1 Å². The second kappa shape index (κ2) is 7.57. The lowest BCUT2D eigenvalue weighted by atomic mass is 10.2. The number of amides is 1. The molecule has 1 saturated heterocycles. The standard InChI is InChI=1S/C17H18BrN3O2/c18-13-3-5-14(6-4-13)21-17(22)12-7-8-19-16(10-12)20-11-15-2-1-9-23-15/h3-8,10,15H,1-2,9,11H2,(H,19,20)(H,21,22). The van der Waals surface area contributed by atoms with Gasteiger partial charge in [0.2, 0.25) is 0 Å². The van der Waals surface area contributed by atoms with Gasteiger partial charge in [-0.05, 0) is 49.2 Å². The van der Waals surface area contributed by atoms with Gasteiger partial charge in [0.1, 0.15) is 5.82 Å². The first kappa shape index (κ1) is 16.0. The third-order valence-electron chi connectivity index (χ3n) is 3.66. The van der Waals surface area contributed by atoms with E-state index in [1.807, 2.05) is 24.3 Å². The number of aromatic nitrogens is 1. The van der Waals surface area contributed by atoms with Crippen LogP contribution in [-0.2, 0) is 4.74 Å². The molecule has 1 fully saturated rings. The Labute approximate surface area is 143 Å². The molecule has 5 nitrogen and oxygen atoms in total. The highest BCUT2D eigenvalue weighted by molar-refractivity contribution is 9.10. The fraction of sp³-hybridized carbons (Fsp3) is 0.294. The van der Waals surface area contributed by atoms with E-state index in [-0.39, 0.29) is 12.0 Å². The molecular formula is C17H18BrN3O2. The van der Waals surface area contributed by atoms with Crippen LogP contribution in [0, 0.1) is 0 Å². The zero-order valence-electron chi connectivity index (χ0n) is 12.6. The van der Waals surface area contributed by atoms with Gasteiger partial charge in [0.25, 0.3) is 5.91 Å². The van der Waals surface area contributed by atoms with Gasteiger partial charge in [-0.2, -0.15) is 0 Å². The monoisotopic (exact) mass is 375 g/mol. The van der Waals surface area contributed by atoms with Crippen molar-refractivity contribution < 1.29 is 9.53 Å². The number of ether oxygens (including phenoxy) is 1.